The minimum absolute atomic E-state index is 0.620. The van der Waals surface area contributed by atoms with E-state index < -0.39 is 0 Å². The van der Waals surface area contributed by atoms with E-state index in [4.69, 9.17) is 4.74 Å². The van der Waals surface area contributed by atoms with Gasteiger partial charge in [0.05, 0.1) is 6.61 Å². The van der Waals surface area contributed by atoms with Gasteiger partial charge in [-0.3, -0.25) is 0 Å². The van der Waals surface area contributed by atoms with Gasteiger partial charge < -0.3 is 15.4 Å². The van der Waals surface area contributed by atoms with Gasteiger partial charge in [-0.15, -0.1) is 0 Å². The first-order valence-corrected chi connectivity index (χ1v) is 6.86. The molecule has 1 aromatic heterocycles. The van der Waals surface area contributed by atoms with Crippen LogP contribution < -0.4 is 10.6 Å². The third-order valence-corrected chi connectivity index (χ3v) is 2.84. The van der Waals surface area contributed by atoms with Crippen molar-refractivity contribution < 1.29 is 4.74 Å². The van der Waals surface area contributed by atoms with Crippen LogP contribution in [0.25, 0.3) is 0 Å². The number of nitrogens with one attached hydrogen (secondary N) is 2. The van der Waals surface area contributed by atoms with Crippen molar-refractivity contribution in [1.29, 1.82) is 0 Å². The van der Waals surface area contributed by atoms with Crippen LogP contribution in [0.15, 0.2) is 42.6 Å². The molecule has 20 heavy (non-hydrogen) atoms. The molecule has 2 rings (SSSR count). The van der Waals surface area contributed by atoms with Gasteiger partial charge in [-0.1, -0.05) is 19.1 Å². The maximum absolute atomic E-state index is 5.15. The highest BCUT2D eigenvalue weighted by atomic mass is 16.5. The van der Waals surface area contributed by atoms with Crippen LogP contribution in [0.4, 0.5) is 17.2 Å². The quantitative estimate of drug-likeness (QED) is 0.804. The molecule has 0 spiro atoms. The van der Waals surface area contributed by atoms with Crippen molar-refractivity contribution in [2.24, 2.45) is 0 Å². The number of methoxy groups -OCH3 is 1. The number of benzene rings is 1. The monoisotopic (exact) mass is 271 g/mol. The van der Waals surface area contributed by atoms with E-state index in [1.54, 1.807) is 13.3 Å². The first kappa shape index (κ1) is 14.3. The van der Waals surface area contributed by atoms with Crippen molar-refractivity contribution in [3.05, 3.63) is 48.2 Å². The molecule has 1 heterocycles. The van der Waals surface area contributed by atoms with E-state index in [0.29, 0.717) is 6.61 Å². The molecule has 0 aliphatic carbocycles. The summed E-state index contributed by atoms with van der Waals surface area (Å²) in [6, 6.07) is 12.2. The molecule has 106 valence electrons. The molecule has 0 saturated carbocycles. The van der Waals surface area contributed by atoms with Crippen LogP contribution in [0.1, 0.15) is 18.9 Å². The summed E-state index contributed by atoms with van der Waals surface area (Å²) in [6.07, 6.45) is 2.89. The van der Waals surface area contributed by atoms with Crippen LogP contribution in [-0.4, -0.2) is 18.6 Å². The third kappa shape index (κ3) is 4.24. The molecular formula is C16H21N3O. The summed E-state index contributed by atoms with van der Waals surface area (Å²) in [5.74, 6) is 0.893. The van der Waals surface area contributed by atoms with Crippen molar-refractivity contribution >= 4 is 17.2 Å². The molecule has 0 aliphatic heterocycles. The highest BCUT2D eigenvalue weighted by Crippen LogP contribution is 2.19. The number of hydrogen-bond acceptors (Lipinski definition) is 4. The lowest BCUT2D eigenvalue weighted by Gasteiger charge is -2.10. The summed E-state index contributed by atoms with van der Waals surface area (Å²) in [5, 5.41) is 6.67. The number of aromatic nitrogens is 1. The minimum Gasteiger partial charge on any atom is -0.380 e. The number of hydrogen-bond donors (Lipinski definition) is 2. The Labute approximate surface area is 120 Å². The molecule has 2 aromatic rings. The van der Waals surface area contributed by atoms with E-state index in [0.717, 1.165) is 35.7 Å². The van der Waals surface area contributed by atoms with E-state index in [1.807, 2.05) is 24.3 Å². The standard InChI is InChI=1S/C16H21N3O/c1-3-8-17-16-11-15(7-9-18-16)19-14-6-4-5-13(10-14)12-20-2/h4-7,9-11H,3,8,12H2,1-2H3,(H2,17,18,19). The van der Waals surface area contributed by atoms with Gasteiger partial charge >= 0.3 is 0 Å². The second kappa shape index (κ2) is 7.50. The molecule has 0 atom stereocenters. The zero-order valence-electron chi connectivity index (χ0n) is 12.0. The van der Waals surface area contributed by atoms with Gasteiger partial charge in [0.15, 0.2) is 0 Å². The van der Waals surface area contributed by atoms with Crippen LogP contribution >= 0.6 is 0 Å². The molecule has 0 amide bonds. The fourth-order valence-corrected chi connectivity index (χ4v) is 1.93. The largest absolute Gasteiger partial charge is 0.380 e. The number of pyridine rings is 1. The van der Waals surface area contributed by atoms with Gasteiger partial charge in [0, 0.05) is 37.3 Å². The third-order valence-electron chi connectivity index (χ3n) is 2.84. The maximum atomic E-state index is 5.15. The molecule has 0 aliphatic rings. The molecule has 4 nitrogen and oxygen atoms in total. The van der Waals surface area contributed by atoms with Gasteiger partial charge in [-0.05, 0) is 30.2 Å². The Bertz CT molecular complexity index is 543. The molecule has 1 aromatic carbocycles. The normalized spacial score (nSPS) is 10.3. The average Bonchev–Trinajstić information content (AvgIpc) is 2.46. The fourth-order valence-electron chi connectivity index (χ4n) is 1.93. The Kier molecular flexibility index (Phi) is 5.38. The molecular weight excluding hydrogens is 250 g/mol. The number of anilines is 3. The van der Waals surface area contributed by atoms with Crippen LogP contribution in [0.2, 0.25) is 0 Å². The zero-order chi connectivity index (χ0) is 14.2. The Balaban J connectivity index is 2.07. The number of rotatable bonds is 7. The summed E-state index contributed by atoms with van der Waals surface area (Å²) in [7, 11) is 1.70. The van der Waals surface area contributed by atoms with E-state index in [9.17, 15) is 0 Å². The topological polar surface area (TPSA) is 46.2 Å². The van der Waals surface area contributed by atoms with Crippen LogP contribution in [0.3, 0.4) is 0 Å². The summed E-state index contributed by atoms with van der Waals surface area (Å²) in [6.45, 7) is 3.69. The van der Waals surface area contributed by atoms with Crippen LogP contribution in [0.5, 0.6) is 0 Å². The molecule has 2 N–H and O–H groups in total. The Morgan fingerprint density at radius 2 is 2.00 bits per heavy atom. The maximum Gasteiger partial charge on any atom is 0.127 e. The van der Waals surface area contributed by atoms with E-state index in [1.165, 1.54) is 0 Å². The summed E-state index contributed by atoms with van der Waals surface area (Å²) < 4.78 is 5.15. The number of ether oxygens (including phenoxy) is 1. The van der Waals surface area contributed by atoms with Crippen molar-refractivity contribution in [3.63, 3.8) is 0 Å². The molecule has 0 fully saturated rings. The van der Waals surface area contributed by atoms with Crippen molar-refractivity contribution in [2.75, 3.05) is 24.3 Å². The lowest BCUT2D eigenvalue weighted by atomic mass is 10.2. The van der Waals surface area contributed by atoms with Gasteiger partial charge in [-0.2, -0.15) is 0 Å². The van der Waals surface area contributed by atoms with Gasteiger partial charge in [-0.25, -0.2) is 4.98 Å². The van der Waals surface area contributed by atoms with E-state index in [2.05, 4.69) is 34.7 Å². The van der Waals surface area contributed by atoms with Crippen LogP contribution in [-0.2, 0) is 11.3 Å². The molecule has 0 unspecified atom stereocenters. The second-order valence-corrected chi connectivity index (χ2v) is 4.61. The van der Waals surface area contributed by atoms with E-state index in [-0.39, 0.29) is 0 Å². The summed E-state index contributed by atoms with van der Waals surface area (Å²) in [5.41, 5.74) is 3.22. The first-order chi connectivity index (χ1) is 9.81. The molecule has 0 bridgehead atoms. The molecule has 0 radical (unpaired) electrons. The lowest BCUT2D eigenvalue weighted by molar-refractivity contribution is 0.185. The highest BCUT2D eigenvalue weighted by molar-refractivity contribution is 5.62. The predicted octanol–water partition coefficient (Wildman–Crippen LogP) is 3.79. The second-order valence-electron chi connectivity index (χ2n) is 4.61. The van der Waals surface area contributed by atoms with Gasteiger partial charge in [0.1, 0.15) is 5.82 Å². The highest BCUT2D eigenvalue weighted by Gasteiger charge is 1.99. The summed E-state index contributed by atoms with van der Waals surface area (Å²) in [4.78, 5) is 4.29. The van der Waals surface area contributed by atoms with E-state index >= 15 is 0 Å². The predicted molar refractivity (Wildman–Crippen MR) is 83.5 cm³/mol. The fraction of sp³-hybridized carbons (Fsp3) is 0.312. The van der Waals surface area contributed by atoms with Crippen molar-refractivity contribution in [1.82, 2.24) is 4.98 Å². The molecule has 4 heteroatoms. The SMILES string of the molecule is CCCNc1cc(Nc2cccc(COC)c2)ccn1. The van der Waals surface area contributed by atoms with Crippen molar-refractivity contribution in [2.45, 2.75) is 20.0 Å². The Hall–Kier alpha value is -2.07. The average molecular weight is 271 g/mol. The van der Waals surface area contributed by atoms with Crippen LogP contribution in [0, 0.1) is 0 Å². The zero-order valence-corrected chi connectivity index (χ0v) is 12.0. The smallest absolute Gasteiger partial charge is 0.127 e. The first-order valence-electron chi connectivity index (χ1n) is 6.86. The lowest BCUT2D eigenvalue weighted by Crippen LogP contribution is -2.02. The molecule has 0 saturated heterocycles. The Morgan fingerprint density at radius 1 is 1.15 bits per heavy atom. The minimum atomic E-state index is 0.620. The Morgan fingerprint density at radius 3 is 2.80 bits per heavy atom. The number of nitrogens with zero attached hydrogens (tertiary/aromatic N) is 1. The van der Waals surface area contributed by atoms with Gasteiger partial charge in [0.2, 0.25) is 0 Å². The summed E-state index contributed by atoms with van der Waals surface area (Å²) >= 11 is 0. The van der Waals surface area contributed by atoms with Gasteiger partial charge in [0.25, 0.3) is 0 Å². The van der Waals surface area contributed by atoms with Crippen molar-refractivity contribution in [3.8, 4) is 0 Å².